The number of fused-ring (bicyclic) bond motifs is 1. The van der Waals surface area contributed by atoms with Crippen molar-refractivity contribution in [3.05, 3.63) is 16.6 Å². The van der Waals surface area contributed by atoms with Gasteiger partial charge in [0.2, 0.25) is 5.91 Å². The van der Waals surface area contributed by atoms with E-state index >= 15 is 0 Å². The molecule has 22 heavy (non-hydrogen) atoms. The van der Waals surface area contributed by atoms with Crippen molar-refractivity contribution in [2.45, 2.75) is 19.8 Å². The first-order chi connectivity index (χ1) is 10.6. The number of carbonyl (C=O) groups excluding carboxylic acids is 1. The van der Waals surface area contributed by atoms with Gasteiger partial charge < -0.3 is 14.8 Å². The van der Waals surface area contributed by atoms with Gasteiger partial charge in [-0.25, -0.2) is 0 Å². The van der Waals surface area contributed by atoms with Crippen LogP contribution >= 0.6 is 15.9 Å². The maximum atomic E-state index is 12.3. The number of ether oxygens (including phenoxy) is 2. The predicted octanol–water partition coefficient (Wildman–Crippen LogP) is 2.89. The molecule has 1 N–H and O–H groups in total. The number of hydrogen-bond acceptors (Lipinski definition) is 4. The molecule has 120 valence electrons. The van der Waals surface area contributed by atoms with Gasteiger partial charge in [-0.3, -0.25) is 9.69 Å². The molecule has 2 aliphatic heterocycles. The highest BCUT2D eigenvalue weighted by molar-refractivity contribution is 9.10. The third-order valence-electron chi connectivity index (χ3n) is 4.01. The Bertz CT molecular complexity index is 565. The van der Waals surface area contributed by atoms with Crippen LogP contribution in [0.25, 0.3) is 0 Å². The Morgan fingerprint density at radius 1 is 1.36 bits per heavy atom. The maximum Gasteiger partial charge on any atom is 0.238 e. The van der Waals surface area contributed by atoms with Gasteiger partial charge in [-0.05, 0) is 41.2 Å². The molecular weight excluding hydrogens is 348 g/mol. The zero-order valence-electron chi connectivity index (χ0n) is 12.7. The Hall–Kier alpha value is -1.27. The van der Waals surface area contributed by atoms with E-state index < -0.39 is 0 Å². The second kappa shape index (κ2) is 6.87. The summed E-state index contributed by atoms with van der Waals surface area (Å²) < 4.78 is 11.9. The first kappa shape index (κ1) is 15.6. The van der Waals surface area contributed by atoms with Crippen molar-refractivity contribution in [2.75, 3.05) is 38.2 Å². The Morgan fingerprint density at radius 3 is 2.82 bits per heavy atom. The minimum atomic E-state index is 0.00600. The molecule has 2 aliphatic rings. The average Bonchev–Trinajstić information content (AvgIpc) is 2.48. The molecule has 0 saturated carbocycles. The third-order valence-corrected chi connectivity index (χ3v) is 4.67. The van der Waals surface area contributed by atoms with Gasteiger partial charge in [0, 0.05) is 23.2 Å². The standard InChI is InChI=1S/C16H21BrN2O3/c1-11-3-2-4-19(9-11)10-16(20)18-13-8-15-14(7-12(13)17)21-5-6-22-15/h7-8,11H,2-6,9-10H2,1H3,(H,18,20). The summed E-state index contributed by atoms with van der Waals surface area (Å²) in [5.41, 5.74) is 0.722. The summed E-state index contributed by atoms with van der Waals surface area (Å²) in [6, 6.07) is 3.66. The van der Waals surface area contributed by atoms with E-state index in [-0.39, 0.29) is 5.91 Å². The normalized spacial score (nSPS) is 21.5. The molecule has 1 unspecified atom stereocenters. The molecule has 0 spiro atoms. The van der Waals surface area contributed by atoms with E-state index in [0.717, 1.165) is 23.2 Å². The molecular formula is C16H21BrN2O3. The van der Waals surface area contributed by atoms with Crippen LogP contribution in [0.4, 0.5) is 5.69 Å². The van der Waals surface area contributed by atoms with Gasteiger partial charge in [0.1, 0.15) is 13.2 Å². The van der Waals surface area contributed by atoms with Crippen LogP contribution in [-0.4, -0.2) is 43.7 Å². The van der Waals surface area contributed by atoms with Crippen LogP contribution in [-0.2, 0) is 4.79 Å². The first-order valence-electron chi connectivity index (χ1n) is 7.73. The Morgan fingerprint density at radius 2 is 2.09 bits per heavy atom. The van der Waals surface area contributed by atoms with E-state index in [2.05, 4.69) is 33.1 Å². The lowest BCUT2D eigenvalue weighted by Crippen LogP contribution is -2.39. The van der Waals surface area contributed by atoms with Crippen LogP contribution in [0.5, 0.6) is 11.5 Å². The number of carbonyl (C=O) groups is 1. The van der Waals surface area contributed by atoms with Crippen LogP contribution in [0.2, 0.25) is 0 Å². The van der Waals surface area contributed by atoms with E-state index in [1.807, 2.05) is 12.1 Å². The van der Waals surface area contributed by atoms with Crippen molar-refractivity contribution in [1.82, 2.24) is 4.90 Å². The van der Waals surface area contributed by atoms with E-state index in [1.54, 1.807) is 0 Å². The Balaban J connectivity index is 1.63. The summed E-state index contributed by atoms with van der Waals surface area (Å²) >= 11 is 3.47. The number of nitrogens with one attached hydrogen (secondary N) is 1. The van der Waals surface area contributed by atoms with E-state index in [1.165, 1.54) is 12.8 Å². The molecule has 1 atom stereocenters. The van der Waals surface area contributed by atoms with Crippen LogP contribution in [0, 0.1) is 5.92 Å². The average molecular weight is 369 g/mol. The Kier molecular flexibility index (Phi) is 4.88. The maximum absolute atomic E-state index is 12.3. The molecule has 1 aromatic rings. The summed E-state index contributed by atoms with van der Waals surface area (Å²) in [6.45, 7) is 5.76. The van der Waals surface area contributed by atoms with Gasteiger partial charge >= 0.3 is 0 Å². The number of nitrogens with zero attached hydrogens (tertiary/aromatic N) is 1. The summed E-state index contributed by atoms with van der Waals surface area (Å²) in [5, 5.41) is 2.96. The minimum absolute atomic E-state index is 0.00600. The summed E-state index contributed by atoms with van der Waals surface area (Å²) in [7, 11) is 0. The van der Waals surface area contributed by atoms with Gasteiger partial charge in [0.15, 0.2) is 11.5 Å². The van der Waals surface area contributed by atoms with Gasteiger partial charge in [-0.15, -0.1) is 0 Å². The number of halogens is 1. The number of anilines is 1. The molecule has 2 heterocycles. The highest BCUT2D eigenvalue weighted by Gasteiger charge is 2.20. The predicted molar refractivity (Wildman–Crippen MR) is 88.6 cm³/mol. The zero-order valence-corrected chi connectivity index (χ0v) is 14.3. The molecule has 1 saturated heterocycles. The molecule has 1 fully saturated rings. The SMILES string of the molecule is CC1CCCN(CC(=O)Nc2cc3c(cc2Br)OCCO3)C1. The number of amides is 1. The zero-order chi connectivity index (χ0) is 15.5. The van der Waals surface area contributed by atoms with Crippen LogP contribution in [0.1, 0.15) is 19.8 Å². The van der Waals surface area contributed by atoms with E-state index in [9.17, 15) is 4.79 Å². The summed E-state index contributed by atoms with van der Waals surface area (Å²) in [6.07, 6.45) is 2.42. The number of likely N-dealkylation sites (tertiary alicyclic amines) is 1. The number of rotatable bonds is 3. The topological polar surface area (TPSA) is 50.8 Å². The van der Waals surface area contributed by atoms with Crippen molar-refractivity contribution in [1.29, 1.82) is 0 Å². The molecule has 6 heteroatoms. The number of benzene rings is 1. The van der Waals surface area contributed by atoms with Gasteiger partial charge in [0.25, 0.3) is 0 Å². The van der Waals surface area contributed by atoms with Crippen LogP contribution < -0.4 is 14.8 Å². The molecule has 0 aromatic heterocycles. The van der Waals surface area contributed by atoms with Gasteiger partial charge in [-0.2, -0.15) is 0 Å². The largest absolute Gasteiger partial charge is 0.486 e. The lowest BCUT2D eigenvalue weighted by molar-refractivity contribution is -0.117. The van der Waals surface area contributed by atoms with Gasteiger partial charge in [0.05, 0.1) is 12.2 Å². The molecule has 1 aromatic carbocycles. The molecule has 1 amide bonds. The second-order valence-corrected chi connectivity index (χ2v) is 6.86. The van der Waals surface area contributed by atoms with Crippen molar-refractivity contribution >= 4 is 27.5 Å². The smallest absolute Gasteiger partial charge is 0.238 e. The highest BCUT2D eigenvalue weighted by Crippen LogP contribution is 2.38. The van der Waals surface area contributed by atoms with Crippen molar-refractivity contribution in [3.63, 3.8) is 0 Å². The van der Waals surface area contributed by atoms with Crippen molar-refractivity contribution < 1.29 is 14.3 Å². The van der Waals surface area contributed by atoms with E-state index in [4.69, 9.17) is 9.47 Å². The molecule has 5 nitrogen and oxygen atoms in total. The third kappa shape index (κ3) is 3.73. The fourth-order valence-corrected chi connectivity index (χ4v) is 3.40. The highest BCUT2D eigenvalue weighted by atomic mass is 79.9. The molecule has 0 radical (unpaired) electrons. The van der Waals surface area contributed by atoms with Crippen LogP contribution in [0.15, 0.2) is 16.6 Å². The summed E-state index contributed by atoms with van der Waals surface area (Å²) in [5.74, 6) is 2.06. The fourth-order valence-electron chi connectivity index (χ4n) is 2.98. The van der Waals surface area contributed by atoms with Crippen LogP contribution in [0.3, 0.4) is 0 Å². The summed E-state index contributed by atoms with van der Waals surface area (Å²) in [4.78, 5) is 14.5. The number of hydrogen-bond donors (Lipinski definition) is 1. The second-order valence-electron chi connectivity index (χ2n) is 6.01. The quantitative estimate of drug-likeness (QED) is 0.890. The monoisotopic (exact) mass is 368 g/mol. The van der Waals surface area contributed by atoms with E-state index in [0.29, 0.717) is 37.2 Å². The van der Waals surface area contributed by atoms with Gasteiger partial charge in [-0.1, -0.05) is 6.92 Å². The lowest BCUT2D eigenvalue weighted by Gasteiger charge is -2.30. The fraction of sp³-hybridized carbons (Fsp3) is 0.562. The minimum Gasteiger partial charge on any atom is -0.486 e. The molecule has 0 aliphatic carbocycles. The van der Waals surface area contributed by atoms with Crippen molar-refractivity contribution in [3.8, 4) is 11.5 Å². The first-order valence-corrected chi connectivity index (χ1v) is 8.52. The Labute approximate surface area is 139 Å². The number of piperidine rings is 1. The van der Waals surface area contributed by atoms with Crippen molar-refractivity contribution in [2.24, 2.45) is 5.92 Å². The molecule has 0 bridgehead atoms. The molecule has 3 rings (SSSR count). The lowest BCUT2D eigenvalue weighted by atomic mass is 10.0.